The molecule has 0 radical (unpaired) electrons. The molecule has 0 aliphatic heterocycles. The average Bonchev–Trinajstić information content (AvgIpc) is 2.76. The van der Waals surface area contributed by atoms with Crippen LogP contribution in [0.2, 0.25) is 0 Å². The summed E-state index contributed by atoms with van der Waals surface area (Å²) in [5, 5.41) is 54.3. The third kappa shape index (κ3) is 13.7. The summed E-state index contributed by atoms with van der Waals surface area (Å²) in [4.78, 5) is 9.94. The first-order valence-corrected chi connectivity index (χ1v) is 9.63. The zero-order chi connectivity index (χ0) is 22.5. The van der Waals surface area contributed by atoms with Crippen LogP contribution in [0.15, 0.2) is 0 Å². The number of hydrogen-bond acceptors (Lipinski definition) is 13. The minimum Gasteiger partial charge on any atom is -0.394 e. The molecule has 4 atom stereocenters. The number of hydrogen-bond donors (Lipinski definition) is 6. The van der Waals surface area contributed by atoms with Crippen LogP contribution in [0.3, 0.4) is 0 Å². The highest BCUT2D eigenvalue weighted by Gasteiger charge is 2.39. The SMILES string of the molecule is OCCOCC(OCCO)C(OCCO)C(OOCO)C(COCCO)OCCO. The predicted octanol–water partition coefficient (Wildman–Crippen LogP) is -3.60. The van der Waals surface area contributed by atoms with Crippen LogP contribution in [-0.4, -0.2) is 141 Å². The molecule has 0 fully saturated rings. The molecule has 0 aliphatic carbocycles. The second-order valence-corrected chi connectivity index (χ2v) is 5.73. The van der Waals surface area contributed by atoms with Crippen molar-refractivity contribution in [2.45, 2.75) is 24.4 Å². The van der Waals surface area contributed by atoms with Crippen molar-refractivity contribution in [3.05, 3.63) is 0 Å². The minimum absolute atomic E-state index is 0.0127. The Morgan fingerprint density at radius 3 is 1.37 bits per heavy atom. The number of aliphatic hydroxyl groups excluding tert-OH is 6. The van der Waals surface area contributed by atoms with Gasteiger partial charge < -0.3 is 54.3 Å². The Bertz CT molecular complexity index is 318. The lowest BCUT2D eigenvalue weighted by Gasteiger charge is -2.36. The molecule has 0 saturated heterocycles. The van der Waals surface area contributed by atoms with Gasteiger partial charge in [-0.2, -0.15) is 0 Å². The van der Waals surface area contributed by atoms with Crippen LogP contribution < -0.4 is 0 Å². The van der Waals surface area contributed by atoms with Crippen LogP contribution in [0.1, 0.15) is 0 Å². The van der Waals surface area contributed by atoms with Crippen LogP contribution in [-0.2, 0) is 33.5 Å². The summed E-state index contributed by atoms with van der Waals surface area (Å²) >= 11 is 0. The standard InChI is InChI=1S/C17H36O13/c18-1-6-24-11-14(26-8-3-20)16(28-10-5-22)17(30-29-13-23)15(27-9-4-21)12-25-7-2-19/h14-23H,1-13H2. The quantitative estimate of drug-likeness (QED) is 0.0390. The molecule has 0 spiro atoms. The molecule has 0 aromatic heterocycles. The summed E-state index contributed by atoms with van der Waals surface area (Å²) in [7, 11) is 0. The van der Waals surface area contributed by atoms with Crippen LogP contribution in [0.25, 0.3) is 0 Å². The Morgan fingerprint density at radius 2 is 0.933 bits per heavy atom. The molecule has 0 rings (SSSR count). The van der Waals surface area contributed by atoms with E-state index in [0.29, 0.717) is 0 Å². The summed E-state index contributed by atoms with van der Waals surface area (Å²) in [6.45, 7) is -2.53. The van der Waals surface area contributed by atoms with Crippen molar-refractivity contribution in [1.29, 1.82) is 0 Å². The first-order valence-electron chi connectivity index (χ1n) is 9.63. The minimum atomic E-state index is -1.10. The van der Waals surface area contributed by atoms with Gasteiger partial charge >= 0.3 is 0 Å². The molecule has 0 saturated carbocycles. The maximum atomic E-state index is 9.20. The molecule has 0 aromatic rings. The molecule has 0 aromatic carbocycles. The molecule has 13 nitrogen and oxygen atoms in total. The second kappa shape index (κ2) is 21.7. The van der Waals surface area contributed by atoms with Gasteiger partial charge in [-0.1, -0.05) is 0 Å². The van der Waals surface area contributed by atoms with E-state index in [1.807, 2.05) is 0 Å². The molecule has 13 heteroatoms. The normalized spacial score (nSPS) is 15.8. The van der Waals surface area contributed by atoms with Crippen molar-refractivity contribution in [2.75, 3.05) is 86.1 Å². The molecule has 6 N–H and O–H groups in total. The monoisotopic (exact) mass is 448 g/mol. The Kier molecular flexibility index (Phi) is 21.3. The predicted molar refractivity (Wildman–Crippen MR) is 99.3 cm³/mol. The zero-order valence-electron chi connectivity index (χ0n) is 17.0. The van der Waals surface area contributed by atoms with Crippen LogP contribution in [0, 0.1) is 0 Å². The highest BCUT2D eigenvalue weighted by molar-refractivity contribution is 4.86. The van der Waals surface area contributed by atoms with E-state index in [4.69, 9.17) is 54.1 Å². The lowest BCUT2D eigenvalue weighted by atomic mass is 10.0. The van der Waals surface area contributed by atoms with E-state index in [1.165, 1.54) is 0 Å². The van der Waals surface area contributed by atoms with Gasteiger partial charge in [-0.3, -0.25) is 0 Å². The number of aliphatic hydroxyl groups is 6. The van der Waals surface area contributed by atoms with Crippen LogP contribution in [0.5, 0.6) is 0 Å². The first-order chi connectivity index (χ1) is 14.7. The number of rotatable bonds is 23. The van der Waals surface area contributed by atoms with E-state index in [0.717, 1.165) is 0 Å². The van der Waals surface area contributed by atoms with Gasteiger partial charge in [-0.05, 0) is 0 Å². The van der Waals surface area contributed by atoms with E-state index < -0.39 is 31.2 Å². The summed E-state index contributed by atoms with van der Waals surface area (Å²) in [5.41, 5.74) is 0. The molecule has 0 amide bonds. The van der Waals surface area contributed by atoms with Crippen LogP contribution >= 0.6 is 0 Å². The van der Waals surface area contributed by atoms with Crippen LogP contribution in [0.4, 0.5) is 0 Å². The fourth-order valence-corrected chi connectivity index (χ4v) is 2.45. The van der Waals surface area contributed by atoms with Crippen molar-refractivity contribution in [3.8, 4) is 0 Å². The van der Waals surface area contributed by atoms with Gasteiger partial charge in [0.2, 0.25) is 0 Å². The van der Waals surface area contributed by atoms with E-state index in [2.05, 4.69) is 4.89 Å². The molecule has 0 aliphatic rings. The number of ether oxygens (including phenoxy) is 5. The summed E-state index contributed by atoms with van der Waals surface area (Å²) in [5.74, 6) is 0. The smallest absolute Gasteiger partial charge is 0.178 e. The van der Waals surface area contributed by atoms with Crippen molar-refractivity contribution >= 4 is 0 Å². The lowest BCUT2D eigenvalue weighted by Crippen LogP contribution is -2.53. The maximum Gasteiger partial charge on any atom is 0.178 e. The Balaban J connectivity index is 5.63. The fraction of sp³-hybridized carbons (Fsp3) is 1.00. The summed E-state index contributed by atoms with van der Waals surface area (Å²) in [6.07, 6.45) is -3.87. The largest absolute Gasteiger partial charge is 0.394 e. The Labute approximate surface area is 175 Å². The van der Waals surface area contributed by atoms with Gasteiger partial charge in [0.25, 0.3) is 0 Å². The fourth-order valence-electron chi connectivity index (χ4n) is 2.45. The molecule has 0 bridgehead atoms. The lowest BCUT2D eigenvalue weighted by molar-refractivity contribution is -0.388. The van der Waals surface area contributed by atoms with E-state index in [9.17, 15) is 5.11 Å². The molecule has 0 heterocycles. The Hall–Kier alpha value is -0.520. The third-order valence-electron chi connectivity index (χ3n) is 3.57. The second-order valence-electron chi connectivity index (χ2n) is 5.73. The Morgan fingerprint density at radius 1 is 0.500 bits per heavy atom. The van der Waals surface area contributed by atoms with Gasteiger partial charge in [-0.15, -0.1) is 0 Å². The molecule has 4 unspecified atom stereocenters. The third-order valence-corrected chi connectivity index (χ3v) is 3.57. The molecular formula is C17H36O13. The summed E-state index contributed by atoms with van der Waals surface area (Å²) in [6, 6.07) is 0. The molecular weight excluding hydrogens is 412 g/mol. The molecule has 30 heavy (non-hydrogen) atoms. The molecule has 182 valence electrons. The summed E-state index contributed by atoms with van der Waals surface area (Å²) < 4.78 is 27.5. The highest BCUT2D eigenvalue weighted by atomic mass is 17.2. The maximum absolute atomic E-state index is 9.20. The van der Waals surface area contributed by atoms with Crippen molar-refractivity contribution in [2.24, 2.45) is 0 Å². The van der Waals surface area contributed by atoms with Gasteiger partial charge in [0.1, 0.15) is 18.3 Å². The van der Waals surface area contributed by atoms with Crippen molar-refractivity contribution in [3.63, 3.8) is 0 Å². The first kappa shape index (κ1) is 29.5. The zero-order valence-corrected chi connectivity index (χ0v) is 17.0. The van der Waals surface area contributed by atoms with Gasteiger partial charge in [0.05, 0.1) is 79.3 Å². The van der Waals surface area contributed by atoms with Gasteiger partial charge in [0.15, 0.2) is 12.9 Å². The van der Waals surface area contributed by atoms with Gasteiger partial charge in [0, 0.05) is 0 Å². The van der Waals surface area contributed by atoms with E-state index in [-0.39, 0.29) is 79.3 Å². The highest BCUT2D eigenvalue weighted by Crippen LogP contribution is 2.20. The van der Waals surface area contributed by atoms with E-state index >= 15 is 0 Å². The average molecular weight is 448 g/mol. The van der Waals surface area contributed by atoms with Gasteiger partial charge in [-0.25, -0.2) is 9.78 Å². The van der Waals surface area contributed by atoms with E-state index in [1.54, 1.807) is 0 Å². The van der Waals surface area contributed by atoms with Crippen molar-refractivity contribution < 1.29 is 64.1 Å². The van der Waals surface area contributed by atoms with Crippen molar-refractivity contribution in [1.82, 2.24) is 0 Å². The topological polar surface area (TPSA) is 186 Å².